The van der Waals surface area contributed by atoms with E-state index in [9.17, 15) is 4.79 Å². The van der Waals surface area contributed by atoms with Gasteiger partial charge in [-0.05, 0) is 30.5 Å². The highest BCUT2D eigenvalue weighted by molar-refractivity contribution is 5.91. The van der Waals surface area contributed by atoms with E-state index >= 15 is 0 Å². The minimum atomic E-state index is -0.171. The maximum atomic E-state index is 12.0. The lowest BCUT2D eigenvalue weighted by Gasteiger charge is -2.23. The number of hydrogen-bond donors (Lipinski definition) is 3. The van der Waals surface area contributed by atoms with Gasteiger partial charge in [0, 0.05) is 12.6 Å². The van der Waals surface area contributed by atoms with Crippen LogP contribution in [0.2, 0.25) is 0 Å². The number of ether oxygens (including phenoxy) is 1. The molecule has 0 saturated heterocycles. The maximum Gasteiger partial charge on any atom is 0.319 e. The number of amides is 2. The Hall–Kier alpha value is -1.75. The molecule has 0 atom stereocenters. The normalized spacial score (nSPS) is 15.7. The third-order valence-electron chi connectivity index (χ3n) is 3.69. The first-order chi connectivity index (χ1) is 9.72. The van der Waals surface area contributed by atoms with Crippen molar-refractivity contribution in [2.45, 2.75) is 44.7 Å². The van der Waals surface area contributed by atoms with Crippen LogP contribution < -0.4 is 21.1 Å². The molecule has 0 radical (unpaired) electrons. The van der Waals surface area contributed by atoms with E-state index in [1.54, 1.807) is 7.11 Å². The number of nitrogens with two attached hydrogens (primary N) is 1. The number of methoxy groups -OCH3 is 1. The van der Waals surface area contributed by atoms with Crippen LogP contribution in [0.3, 0.4) is 0 Å². The second-order valence-corrected chi connectivity index (χ2v) is 5.17. The summed E-state index contributed by atoms with van der Waals surface area (Å²) in [7, 11) is 1.58. The third kappa shape index (κ3) is 3.87. The summed E-state index contributed by atoms with van der Waals surface area (Å²) in [5, 5.41) is 5.86. The highest BCUT2D eigenvalue weighted by atomic mass is 16.5. The fourth-order valence-electron chi connectivity index (χ4n) is 2.56. The van der Waals surface area contributed by atoms with E-state index in [0.717, 1.165) is 18.4 Å². The van der Waals surface area contributed by atoms with Crippen molar-refractivity contribution in [3.8, 4) is 5.75 Å². The predicted molar refractivity (Wildman–Crippen MR) is 79.9 cm³/mol. The zero-order chi connectivity index (χ0) is 14.4. The lowest BCUT2D eigenvalue weighted by molar-refractivity contribution is 0.244. The molecule has 2 rings (SSSR count). The molecule has 5 nitrogen and oxygen atoms in total. The minimum Gasteiger partial charge on any atom is -0.495 e. The number of benzene rings is 1. The van der Waals surface area contributed by atoms with Gasteiger partial charge >= 0.3 is 6.03 Å². The van der Waals surface area contributed by atoms with Crippen LogP contribution in [-0.4, -0.2) is 19.2 Å². The van der Waals surface area contributed by atoms with Crippen LogP contribution in [0.25, 0.3) is 0 Å². The van der Waals surface area contributed by atoms with Crippen LogP contribution in [-0.2, 0) is 6.54 Å². The van der Waals surface area contributed by atoms with Crippen LogP contribution in [0.5, 0.6) is 5.75 Å². The molecule has 1 saturated carbocycles. The van der Waals surface area contributed by atoms with Gasteiger partial charge in [-0.1, -0.05) is 25.3 Å². The zero-order valence-corrected chi connectivity index (χ0v) is 11.9. The van der Waals surface area contributed by atoms with Crippen molar-refractivity contribution in [1.82, 2.24) is 5.32 Å². The molecule has 4 N–H and O–H groups in total. The second-order valence-electron chi connectivity index (χ2n) is 5.17. The van der Waals surface area contributed by atoms with Crippen LogP contribution in [0, 0.1) is 0 Å². The van der Waals surface area contributed by atoms with Gasteiger partial charge in [-0.3, -0.25) is 0 Å². The number of anilines is 1. The molecule has 0 unspecified atom stereocenters. The molecule has 0 aromatic heterocycles. The fourth-order valence-corrected chi connectivity index (χ4v) is 2.56. The summed E-state index contributed by atoms with van der Waals surface area (Å²) >= 11 is 0. The summed E-state index contributed by atoms with van der Waals surface area (Å²) in [4.78, 5) is 12.0. The summed E-state index contributed by atoms with van der Waals surface area (Å²) in [5.74, 6) is 0.631. The Balaban J connectivity index is 1.96. The van der Waals surface area contributed by atoms with Gasteiger partial charge in [0.2, 0.25) is 0 Å². The Bertz CT molecular complexity index is 456. The standard InChI is InChI=1S/C15H23N3O2/c1-20-14-9-11(10-16)7-8-13(14)18-15(19)17-12-5-3-2-4-6-12/h7-9,12H,2-6,10,16H2,1H3,(H2,17,18,19). The topological polar surface area (TPSA) is 76.4 Å². The van der Waals surface area contributed by atoms with Gasteiger partial charge in [-0.25, -0.2) is 4.79 Å². The lowest BCUT2D eigenvalue weighted by Crippen LogP contribution is -2.39. The Morgan fingerprint density at radius 1 is 1.35 bits per heavy atom. The molecule has 0 spiro atoms. The first-order valence-corrected chi connectivity index (χ1v) is 7.17. The molecular formula is C15H23N3O2. The van der Waals surface area contributed by atoms with Crippen molar-refractivity contribution in [3.05, 3.63) is 23.8 Å². The molecule has 0 bridgehead atoms. The van der Waals surface area contributed by atoms with E-state index in [1.165, 1.54) is 19.3 Å². The number of nitrogens with one attached hydrogen (secondary N) is 2. The van der Waals surface area contributed by atoms with Crippen molar-refractivity contribution >= 4 is 11.7 Å². The number of urea groups is 1. The maximum absolute atomic E-state index is 12.0. The third-order valence-corrected chi connectivity index (χ3v) is 3.69. The SMILES string of the molecule is COc1cc(CN)ccc1NC(=O)NC1CCCCC1. The van der Waals surface area contributed by atoms with Crippen LogP contribution in [0.4, 0.5) is 10.5 Å². The van der Waals surface area contributed by atoms with E-state index in [1.807, 2.05) is 18.2 Å². The lowest BCUT2D eigenvalue weighted by atomic mass is 9.96. The monoisotopic (exact) mass is 277 g/mol. The van der Waals surface area contributed by atoms with Crippen molar-refractivity contribution in [2.24, 2.45) is 5.73 Å². The summed E-state index contributed by atoms with van der Waals surface area (Å²) in [5.41, 5.74) is 7.23. The van der Waals surface area contributed by atoms with Crippen molar-refractivity contribution in [2.75, 3.05) is 12.4 Å². The number of hydrogen-bond acceptors (Lipinski definition) is 3. The minimum absolute atomic E-state index is 0.171. The van der Waals surface area contributed by atoms with Gasteiger partial charge < -0.3 is 21.1 Å². The van der Waals surface area contributed by atoms with Gasteiger partial charge in [0.15, 0.2) is 0 Å². The van der Waals surface area contributed by atoms with E-state index in [0.29, 0.717) is 18.0 Å². The zero-order valence-electron chi connectivity index (χ0n) is 11.9. The number of rotatable bonds is 4. The molecule has 1 aromatic carbocycles. The smallest absolute Gasteiger partial charge is 0.319 e. The quantitative estimate of drug-likeness (QED) is 0.791. The highest BCUT2D eigenvalue weighted by Crippen LogP contribution is 2.25. The molecule has 20 heavy (non-hydrogen) atoms. The predicted octanol–water partition coefficient (Wildman–Crippen LogP) is 2.61. The molecule has 110 valence electrons. The van der Waals surface area contributed by atoms with Crippen LogP contribution in [0.15, 0.2) is 18.2 Å². The van der Waals surface area contributed by atoms with Gasteiger partial charge in [0.25, 0.3) is 0 Å². The fraction of sp³-hybridized carbons (Fsp3) is 0.533. The van der Waals surface area contributed by atoms with Crippen molar-refractivity contribution in [3.63, 3.8) is 0 Å². The average molecular weight is 277 g/mol. The number of carbonyl (C=O) groups is 1. The molecule has 0 aliphatic heterocycles. The average Bonchev–Trinajstić information content (AvgIpc) is 2.48. The molecule has 1 aliphatic carbocycles. The largest absolute Gasteiger partial charge is 0.495 e. The summed E-state index contributed by atoms with van der Waals surface area (Å²) in [6.07, 6.45) is 5.79. The Kier molecular flexibility index (Phi) is 5.24. The first-order valence-electron chi connectivity index (χ1n) is 7.17. The molecule has 2 amide bonds. The molecule has 1 fully saturated rings. The highest BCUT2D eigenvalue weighted by Gasteiger charge is 2.16. The van der Waals surface area contributed by atoms with Gasteiger partial charge in [-0.2, -0.15) is 0 Å². The molecule has 5 heteroatoms. The van der Waals surface area contributed by atoms with Crippen LogP contribution in [0.1, 0.15) is 37.7 Å². The summed E-state index contributed by atoms with van der Waals surface area (Å²) in [6, 6.07) is 5.67. The number of carbonyl (C=O) groups excluding carboxylic acids is 1. The molecule has 0 heterocycles. The van der Waals surface area contributed by atoms with Crippen LogP contribution >= 0.6 is 0 Å². The molecule has 1 aromatic rings. The summed E-state index contributed by atoms with van der Waals surface area (Å²) < 4.78 is 5.28. The van der Waals surface area contributed by atoms with Gasteiger partial charge in [0.1, 0.15) is 5.75 Å². The van der Waals surface area contributed by atoms with E-state index in [4.69, 9.17) is 10.5 Å². The van der Waals surface area contributed by atoms with Gasteiger partial charge in [0.05, 0.1) is 12.8 Å². The summed E-state index contributed by atoms with van der Waals surface area (Å²) in [6.45, 7) is 0.449. The molecule has 1 aliphatic rings. The van der Waals surface area contributed by atoms with Crippen molar-refractivity contribution in [1.29, 1.82) is 0 Å². The Labute approximate surface area is 119 Å². The Morgan fingerprint density at radius 3 is 2.75 bits per heavy atom. The van der Waals surface area contributed by atoms with E-state index in [2.05, 4.69) is 10.6 Å². The van der Waals surface area contributed by atoms with E-state index < -0.39 is 0 Å². The first kappa shape index (κ1) is 14.7. The van der Waals surface area contributed by atoms with Gasteiger partial charge in [-0.15, -0.1) is 0 Å². The Morgan fingerprint density at radius 2 is 2.10 bits per heavy atom. The second kappa shape index (κ2) is 7.14. The molecular weight excluding hydrogens is 254 g/mol. The van der Waals surface area contributed by atoms with E-state index in [-0.39, 0.29) is 12.1 Å². The van der Waals surface area contributed by atoms with Crippen molar-refractivity contribution < 1.29 is 9.53 Å².